The fraction of sp³-hybridized carbons (Fsp3) is 0. The highest BCUT2D eigenvalue weighted by Gasteiger charge is 2.23. The van der Waals surface area contributed by atoms with E-state index in [-0.39, 0.29) is 0 Å². The Bertz CT molecular complexity index is 3160. The van der Waals surface area contributed by atoms with E-state index in [1.807, 2.05) is 22.7 Å². The number of hydrogen-bond acceptors (Lipinski definition) is 4. The van der Waals surface area contributed by atoms with Crippen LogP contribution < -0.4 is 9.80 Å². The summed E-state index contributed by atoms with van der Waals surface area (Å²) in [6, 6.07) is 75.1. The summed E-state index contributed by atoms with van der Waals surface area (Å²) in [6.45, 7) is 0. The lowest BCUT2D eigenvalue weighted by molar-refractivity contribution is 1.30. The van der Waals surface area contributed by atoms with Crippen LogP contribution in [0.15, 0.2) is 206 Å². The van der Waals surface area contributed by atoms with E-state index in [2.05, 4.69) is 216 Å². The molecule has 2 aromatic heterocycles. The molecule has 0 saturated heterocycles. The molecule has 0 atom stereocenters. The number of nitrogens with zero attached hydrogens (tertiary/aromatic N) is 2. The van der Waals surface area contributed by atoms with E-state index in [9.17, 15) is 0 Å². The summed E-state index contributed by atoms with van der Waals surface area (Å²) in [5.41, 5.74) is 9.27. The lowest BCUT2D eigenvalue weighted by Crippen LogP contribution is -2.10. The van der Waals surface area contributed by atoms with E-state index in [1.54, 1.807) is 0 Å². The number of fused-ring (bicyclic) bond motifs is 7. The Morgan fingerprint density at radius 3 is 1.68 bits per heavy atom. The van der Waals surface area contributed by atoms with Gasteiger partial charge >= 0.3 is 0 Å². The van der Waals surface area contributed by atoms with Crippen LogP contribution in [0.3, 0.4) is 0 Å². The first kappa shape index (κ1) is 32.7. The van der Waals surface area contributed by atoms with Gasteiger partial charge in [-0.15, -0.1) is 22.7 Å². The third kappa shape index (κ3) is 5.53. The predicted molar refractivity (Wildman–Crippen MR) is 245 cm³/mol. The van der Waals surface area contributed by atoms with Crippen molar-refractivity contribution in [2.24, 2.45) is 0 Å². The second-order valence-electron chi connectivity index (χ2n) is 14.1. The van der Waals surface area contributed by atoms with Gasteiger partial charge in [0.05, 0.1) is 16.1 Å². The Morgan fingerprint density at radius 1 is 0.304 bits per heavy atom. The highest BCUT2D eigenvalue weighted by molar-refractivity contribution is 7.26. The predicted octanol–water partition coefficient (Wildman–Crippen LogP) is 16.2. The molecule has 11 rings (SSSR count). The minimum absolute atomic E-state index is 1.12. The minimum atomic E-state index is 1.12. The van der Waals surface area contributed by atoms with Gasteiger partial charge in [0.2, 0.25) is 0 Å². The van der Waals surface area contributed by atoms with Crippen LogP contribution in [0.2, 0.25) is 0 Å². The Kier molecular flexibility index (Phi) is 7.90. The van der Waals surface area contributed by atoms with E-state index in [1.165, 1.54) is 67.9 Å². The van der Waals surface area contributed by atoms with E-state index in [4.69, 9.17) is 0 Å². The molecule has 0 spiro atoms. The minimum Gasteiger partial charge on any atom is -0.310 e. The number of rotatable bonds is 7. The first-order valence-corrected chi connectivity index (χ1v) is 20.6. The SMILES string of the molecule is c1ccc(N(c2ccccc2)c2cccc3c2sc2cccc(N(c4ccc(-c5ccc6ccccc6c5)cc4)c4ccc5c(c4)sc4ccccc45)c23)cc1. The fourth-order valence-electron chi connectivity index (χ4n) is 8.21. The lowest BCUT2D eigenvalue weighted by atomic mass is 10.0. The molecule has 56 heavy (non-hydrogen) atoms. The van der Waals surface area contributed by atoms with Crippen molar-refractivity contribution in [3.05, 3.63) is 206 Å². The number of anilines is 6. The molecule has 264 valence electrons. The third-order valence-electron chi connectivity index (χ3n) is 10.8. The molecular formula is C52H34N2S2. The summed E-state index contributed by atoms with van der Waals surface area (Å²) in [4.78, 5) is 4.84. The average molecular weight is 751 g/mol. The van der Waals surface area contributed by atoms with Crippen molar-refractivity contribution < 1.29 is 0 Å². The van der Waals surface area contributed by atoms with Gasteiger partial charge < -0.3 is 9.80 Å². The summed E-state index contributed by atoms with van der Waals surface area (Å²) in [6.07, 6.45) is 0. The normalized spacial score (nSPS) is 11.6. The Labute approximate surface area is 333 Å². The zero-order chi connectivity index (χ0) is 37.0. The summed E-state index contributed by atoms with van der Waals surface area (Å²) >= 11 is 3.73. The van der Waals surface area contributed by atoms with E-state index in [0.717, 1.165) is 28.4 Å². The van der Waals surface area contributed by atoms with Gasteiger partial charge in [-0.25, -0.2) is 0 Å². The second-order valence-corrected chi connectivity index (χ2v) is 16.3. The summed E-state index contributed by atoms with van der Waals surface area (Å²) in [7, 11) is 0. The molecule has 4 heteroatoms. The summed E-state index contributed by atoms with van der Waals surface area (Å²) in [5.74, 6) is 0. The van der Waals surface area contributed by atoms with Crippen LogP contribution in [0.1, 0.15) is 0 Å². The van der Waals surface area contributed by atoms with Crippen LogP contribution in [0, 0.1) is 0 Å². The zero-order valence-corrected chi connectivity index (χ0v) is 32.0. The van der Waals surface area contributed by atoms with Gasteiger partial charge in [0, 0.05) is 58.4 Å². The topological polar surface area (TPSA) is 6.48 Å². The monoisotopic (exact) mass is 750 g/mol. The van der Waals surface area contributed by atoms with Crippen LogP contribution >= 0.6 is 22.7 Å². The maximum absolute atomic E-state index is 2.46. The first-order valence-electron chi connectivity index (χ1n) is 18.9. The van der Waals surface area contributed by atoms with Crippen molar-refractivity contribution in [2.75, 3.05) is 9.80 Å². The third-order valence-corrected chi connectivity index (χ3v) is 13.1. The van der Waals surface area contributed by atoms with Crippen molar-refractivity contribution in [1.82, 2.24) is 0 Å². The highest BCUT2D eigenvalue weighted by atomic mass is 32.1. The molecule has 2 heterocycles. The smallest absolute Gasteiger partial charge is 0.0640 e. The molecule has 0 aliphatic heterocycles. The van der Waals surface area contributed by atoms with Gasteiger partial charge in [-0.1, -0.05) is 127 Å². The quantitative estimate of drug-likeness (QED) is 0.160. The number of thiophene rings is 2. The molecule has 0 bridgehead atoms. The molecule has 0 fully saturated rings. The molecule has 9 aromatic carbocycles. The number of benzene rings is 9. The standard InChI is InChI=1S/C52H34N2S2/c1-3-15-39(16-4-1)53(40-17-5-2-6-18-40)47-22-11-20-45-51-46(21-12-24-49(51)56-52(45)47)54(42-31-32-44-43-19-9-10-23-48(43)55-50(44)34-42)41-29-27-36(28-30-41)38-26-25-35-13-7-8-14-37(35)33-38/h1-34H. The van der Waals surface area contributed by atoms with Gasteiger partial charge in [0.25, 0.3) is 0 Å². The molecule has 0 saturated carbocycles. The Hall–Kier alpha value is -6.72. The molecule has 0 amide bonds. The largest absolute Gasteiger partial charge is 0.310 e. The molecule has 2 nitrogen and oxygen atoms in total. The van der Waals surface area contributed by atoms with Crippen LogP contribution in [-0.2, 0) is 0 Å². The Morgan fingerprint density at radius 2 is 0.875 bits per heavy atom. The molecule has 0 aliphatic carbocycles. The van der Waals surface area contributed by atoms with Gasteiger partial charge in [0.1, 0.15) is 0 Å². The highest BCUT2D eigenvalue weighted by Crippen LogP contribution is 2.50. The van der Waals surface area contributed by atoms with Gasteiger partial charge in [-0.2, -0.15) is 0 Å². The second kappa shape index (κ2) is 13.5. The number of hydrogen-bond donors (Lipinski definition) is 0. The molecule has 0 unspecified atom stereocenters. The van der Waals surface area contributed by atoms with E-state index in [0.29, 0.717) is 0 Å². The summed E-state index contributed by atoms with van der Waals surface area (Å²) in [5, 5.41) is 7.62. The fourth-order valence-corrected chi connectivity index (χ4v) is 10.6. The lowest BCUT2D eigenvalue weighted by Gasteiger charge is -2.27. The maximum Gasteiger partial charge on any atom is 0.0640 e. The van der Waals surface area contributed by atoms with Crippen molar-refractivity contribution in [2.45, 2.75) is 0 Å². The van der Waals surface area contributed by atoms with Crippen LogP contribution in [0.5, 0.6) is 0 Å². The van der Waals surface area contributed by atoms with Crippen molar-refractivity contribution >= 4 is 108 Å². The molecule has 0 radical (unpaired) electrons. The van der Waals surface area contributed by atoms with Crippen molar-refractivity contribution in [3.63, 3.8) is 0 Å². The molecule has 11 aromatic rings. The maximum atomic E-state index is 2.46. The summed E-state index contributed by atoms with van der Waals surface area (Å²) < 4.78 is 5.11. The zero-order valence-electron chi connectivity index (χ0n) is 30.3. The van der Waals surface area contributed by atoms with Gasteiger partial charge in [-0.3, -0.25) is 0 Å². The van der Waals surface area contributed by atoms with Gasteiger partial charge in [-0.05, 0) is 101 Å². The average Bonchev–Trinajstić information content (AvgIpc) is 3.84. The van der Waals surface area contributed by atoms with Crippen LogP contribution in [-0.4, -0.2) is 0 Å². The number of para-hydroxylation sites is 2. The molecular weight excluding hydrogens is 717 g/mol. The van der Waals surface area contributed by atoms with Gasteiger partial charge in [0.15, 0.2) is 0 Å². The van der Waals surface area contributed by atoms with Crippen LogP contribution in [0.25, 0.3) is 62.2 Å². The Balaban J connectivity index is 1.11. The van der Waals surface area contributed by atoms with Crippen LogP contribution in [0.4, 0.5) is 34.1 Å². The van der Waals surface area contributed by atoms with E-state index < -0.39 is 0 Å². The molecule has 0 N–H and O–H groups in total. The van der Waals surface area contributed by atoms with Crippen molar-refractivity contribution in [3.8, 4) is 11.1 Å². The van der Waals surface area contributed by atoms with Crippen molar-refractivity contribution in [1.29, 1.82) is 0 Å². The van der Waals surface area contributed by atoms with E-state index >= 15 is 0 Å². The first-order chi connectivity index (χ1) is 27.8. The molecule has 0 aliphatic rings.